The van der Waals surface area contributed by atoms with Crippen LogP contribution in [0.3, 0.4) is 0 Å². The number of benzene rings is 1. The van der Waals surface area contributed by atoms with Crippen molar-refractivity contribution in [2.75, 3.05) is 0 Å². The molecule has 0 saturated heterocycles. The first kappa shape index (κ1) is 14.5. The summed E-state index contributed by atoms with van der Waals surface area (Å²) in [6.07, 6.45) is 0. The van der Waals surface area contributed by atoms with E-state index in [-0.39, 0.29) is 6.61 Å². The van der Waals surface area contributed by atoms with Crippen LogP contribution in [0, 0.1) is 0 Å². The van der Waals surface area contributed by atoms with Crippen molar-refractivity contribution in [2.45, 2.75) is 30.9 Å². The first-order valence-electron chi connectivity index (χ1n) is 5.61. The highest BCUT2D eigenvalue weighted by molar-refractivity contribution is 7.99. The first-order chi connectivity index (χ1) is 9.04. The van der Waals surface area contributed by atoms with Crippen LogP contribution in [-0.4, -0.2) is 15.4 Å². The molecule has 0 aliphatic rings. The molecule has 102 valence electrons. The van der Waals surface area contributed by atoms with Crippen LogP contribution in [0.2, 0.25) is 10.0 Å². The second kappa shape index (κ2) is 6.50. The molecular formula is C12H12Cl2N2O2S. The highest BCUT2D eigenvalue weighted by Crippen LogP contribution is 2.28. The Kier molecular flexibility index (Phi) is 4.96. The van der Waals surface area contributed by atoms with E-state index in [9.17, 15) is 0 Å². The molecule has 0 atom stereocenters. The molecule has 0 amide bonds. The predicted octanol–water partition coefficient (Wildman–Crippen LogP) is 4.46. The third-order valence-electron chi connectivity index (χ3n) is 2.03. The Labute approximate surface area is 125 Å². The van der Waals surface area contributed by atoms with Gasteiger partial charge in [-0.2, -0.15) is 0 Å². The molecule has 0 saturated carbocycles. The fourth-order valence-corrected chi connectivity index (χ4v) is 2.38. The average Bonchev–Trinajstić information content (AvgIpc) is 2.74. The lowest BCUT2D eigenvalue weighted by Crippen LogP contribution is -1.96. The van der Waals surface area contributed by atoms with Gasteiger partial charge >= 0.3 is 0 Å². The molecule has 0 radical (unpaired) electrons. The number of halogens is 2. The summed E-state index contributed by atoms with van der Waals surface area (Å²) in [6, 6.07) is 5.02. The zero-order valence-electron chi connectivity index (χ0n) is 10.4. The number of hydrogen-bond acceptors (Lipinski definition) is 5. The van der Waals surface area contributed by atoms with Crippen molar-refractivity contribution in [2.24, 2.45) is 0 Å². The first-order valence-corrected chi connectivity index (χ1v) is 7.25. The van der Waals surface area contributed by atoms with Gasteiger partial charge in [-0.15, -0.1) is 10.2 Å². The quantitative estimate of drug-likeness (QED) is 0.762. The normalized spacial score (nSPS) is 11.0. The number of ether oxygens (including phenoxy) is 1. The monoisotopic (exact) mass is 318 g/mol. The topological polar surface area (TPSA) is 48.2 Å². The van der Waals surface area contributed by atoms with E-state index in [1.165, 1.54) is 11.8 Å². The van der Waals surface area contributed by atoms with Crippen molar-refractivity contribution in [3.8, 4) is 5.75 Å². The largest absolute Gasteiger partial charge is 0.482 e. The minimum Gasteiger partial charge on any atom is -0.482 e. The van der Waals surface area contributed by atoms with Crippen LogP contribution in [0.25, 0.3) is 0 Å². The highest BCUT2D eigenvalue weighted by atomic mass is 35.5. The summed E-state index contributed by atoms with van der Waals surface area (Å²) in [6.45, 7) is 4.28. The van der Waals surface area contributed by atoms with Crippen LogP contribution in [-0.2, 0) is 6.61 Å². The molecule has 2 aromatic rings. The van der Waals surface area contributed by atoms with Crippen molar-refractivity contribution in [3.63, 3.8) is 0 Å². The maximum atomic E-state index is 5.99. The van der Waals surface area contributed by atoms with Crippen LogP contribution < -0.4 is 4.74 Å². The molecule has 0 aliphatic carbocycles. The third kappa shape index (κ3) is 4.30. The molecule has 0 unspecified atom stereocenters. The van der Waals surface area contributed by atoms with E-state index in [1.807, 2.05) is 0 Å². The van der Waals surface area contributed by atoms with Gasteiger partial charge in [0.25, 0.3) is 11.1 Å². The molecule has 1 heterocycles. The van der Waals surface area contributed by atoms with E-state index in [1.54, 1.807) is 18.2 Å². The maximum Gasteiger partial charge on any atom is 0.276 e. The van der Waals surface area contributed by atoms with Gasteiger partial charge in [-0.05, 0) is 18.2 Å². The molecule has 0 N–H and O–H groups in total. The zero-order chi connectivity index (χ0) is 13.8. The Hall–Kier alpha value is -0.910. The molecule has 0 bridgehead atoms. The van der Waals surface area contributed by atoms with Gasteiger partial charge in [0.05, 0.1) is 5.02 Å². The highest BCUT2D eigenvalue weighted by Gasteiger charge is 2.10. The molecule has 1 aromatic heterocycles. The van der Waals surface area contributed by atoms with E-state index < -0.39 is 0 Å². The summed E-state index contributed by atoms with van der Waals surface area (Å²) in [5, 5.41) is 9.75. The van der Waals surface area contributed by atoms with Crippen LogP contribution in [0.15, 0.2) is 27.8 Å². The van der Waals surface area contributed by atoms with Gasteiger partial charge in [0.2, 0.25) is 0 Å². The smallest absolute Gasteiger partial charge is 0.276 e. The molecule has 4 nitrogen and oxygen atoms in total. The Morgan fingerprint density at radius 2 is 2.11 bits per heavy atom. The molecule has 19 heavy (non-hydrogen) atoms. The lowest BCUT2D eigenvalue weighted by Gasteiger charge is -2.05. The lowest BCUT2D eigenvalue weighted by molar-refractivity contribution is 0.252. The van der Waals surface area contributed by atoms with Gasteiger partial charge in [-0.3, -0.25) is 0 Å². The average molecular weight is 319 g/mol. The second-order valence-corrected chi connectivity index (χ2v) is 6.36. The predicted molar refractivity (Wildman–Crippen MR) is 76.1 cm³/mol. The zero-order valence-corrected chi connectivity index (χ0v) is 12.7. The van der Waals surface area contributed by atoms with E-state index in [0.717, 1.165) is 0 Å². The molecular weight excluding hydrogens is 307 g/mol. The lowest BCUT2D eigenvalue weighted by atomic mass is 10.3. The molecule has 0 aliphatic heterocycles. The Bertz CT molecular complexity index is 560. The van der Waals surface area contributed by atoms with Crippen molar-refractivity contribution in [1.82, 2.24) is 10.2 Å². The van der Waals surface area contributed by atoms with Gasteiger partial charge in [-0.1, -0.05) is 48.8 Å². The standard InChI is InChI=1S/C12H12Cl2N2O2S/c1-7(2)19-12-16-15-11(18-12)6-17-10-4-3-8(13)5-9(10)14/h3-5,7H,6H2,1-2H3. The summed E-state index contributed by atoms with van der Waals surface area (Å²) in [4.78, 5) is 0. The maximum absolute atomic E-state index is 5.99. The van der Waals surface area contributed by atoms with Crippen LogP contribution in [0.5, 0.6) is 5.75 Å². The third-order valence-corrected chi connectivity index (χ3v) is 3.40. The van der Waals surface area contributed by atoms with Crippen molar-refractivity contribution >= 4 is 35.0 Å². The molecule has 1 aromatic carbocycles. The second-order valence-electron chi connectivity index (χ2n) is 3.99. The van der Waals surface area contributed by atoms with Crippen molar-refractivity contribution < 1.29 is 9.15 Å². The Morgan fingerprint density at radius 3 is 2.79 bits per heavy atom. The molecule has 0 fully saturated rings. The molecule has 7 heteroatoms. The molecule has 0 spiro atoms. The van der Waals surface area contributed by atoms with Crippen LogP contribution >= 0.6 is 35.0 Å². The number of hydrogen-bond donors (Lipinski definition) is 0. The van der Waals surface area contributed by atoms with E-state index in [4.69, 9.17) is 32.4 Å². The van der Waals surface area contributed by atoms with E-state index >= 15 is 0 Å². The van der Waals surface area contributed by atoms with Crippen molar-refractivity contribution in [3.05, 3.63) is 34.1 Å². The van der Waals surface area contributed by atoms with Crippen LogP contribution in [0.4, 0.5) is 0 Å². The van der Waals surface area contributed by atoms with Gasteiger partial charge < -0.3 is 9.15 Å². The number of thioether (sulfide) groups is 1. The summed E-state index contributed by atoms with van der Waals surface area (Å²) in [5.41, 5.74) is 0. The summed E-state index contributed by atoms with van der Waals surface area (Å²) >= 11 is 13.3. The summed E-state index contributed by atoms with van der Waals surface area (Å²) in [7, 11) is 0. The van der Waals surface area contributed by atoms with Crippen LogP contribution in [0.1, 0.15) is 19.7 Å². The number of rotatable bonds is 5. The fourth-order valence-electron chi connectivity index (χ4n) is 1.28. The summed E-state index contributed by atoms with van der Waals surface area (Å²) < 4.78 is 10.9. The minimum absolute atomic E-state index is 0.174. The molecule has 2 rings (SSSR count). The fraction of sp³-hybridized carbons (Fsp3) is 0.333. The van der Waals surface area contributed by atoms with Gasteiger partial charge in [0.1, 0.15) is 5.75 Å². The Morgan fingerprint density at radius 1 is 1.32 bits per heavy atom. The summed E-state index contributed by atoms with van der Waals surface area (Å²) in [5.74, 6) is 0.941. The van der Waals surface area contributed by atoms with Gasteiger partial charge in [-0.25, -0.2) is 0 Å². The SMILES string of the molecule is CC(C)Sc1nnc(COc2ccc(Cl)cc2Cl)o1. The number of nitrogens with zero attached hydrogens (tertiary/aromatic N) is 2. The minimum atomic E-state index is 0.174. The Balaban J connectivity index is 1.96. The van der Waals surface area contributed by atoms with E-state index in [0.29, 0.717) is 32.2 Å². The van der Waals surface area contributed by atoms with Gasteiger partial charge in [0.15, 0.2) is 6.61 Å². The van der Waals surface area contributed by atoms with Crippen molar-refractivity contribution in [1.29, 1.82) is 0 Å². The number of aromatic nitrogens is 2. The van der Waals surface area contributed by atoms with Gasteiger partial charge in [0, 0.05) is 10.3 Å². The van der Waals surface area contributed by atoms with E-state index in [2.05, 4.69) is 24.0 Å².